The van der Waals surface area contributed by atoms with Gasteiger partial charge in [-0.25, -0.2) is 0 Å². The summed E-state index contributed by atoms with van der Waals surface area (Å²) in [6, 6.07) is 0. The van der Waals surface area contributed by atoms with Gasteiger partial charge in [0.25, 0.3) is 0 Å². The summed E-state index contributed by atoms with van der Waals surface area (Å²) in [5.41, 5.74) is -0.216. The fourth-order valence-electron chi connectivity index (χ4n) is 0.669. The lowest BCUT2D eigenvalue weighted by Gasteiger charge is -2.21. The van der Waals surface area contributed by atoms with Crippen molar-refractivity contribution < 1.29 is 4.79 Å². The lowest BCUT2D eigenvalue weighted by Crippen LogP contribution is -2.37. The molecule has 1 N–H and O–H groups in total. The van der Waals surface area contributed by atoms with Crippen LogP contribution < -0.4 is 5.32 Å². The molecule has 0 aromatic rings. The zero-order valence-corrected chi connectivity index (χ0v) is 9.70. The molecule has 0 saturated carbocycles. The van der Waals surface area contributed by atoms with Gasteiger partial charge in [0.2, 0.25) is 5.91 Å². The van der Waals surface area contributed by atoms with E-state index in [4.69, 9.17) is 0 Å². The van der Waals surface area contributed by atoms with Crippen molar-refractivity contribution in [3.05, 3.63) is 0 Å². The maximum Gasteiger partial charge on any atom is 0.225 e. The van der Waals surface area contributed by atoms with Gasteiger partial charge in [-0.1, -0.05) is 36.7 Å². The first kappa shape index (κ1) is 11.9. The molecule has 0 rings (SSSR count). The van der Waals surface area contributed by atoms with Crippen LogP contribution in [0.4, 0.5) is 0 Å². The Balaban J connectivity index is 3.72. The zero-order valence-electron chi connectivity index (χ0n) is 8.11. The van der Waals surface area contributed by atoms with Crippen molar-refractivity contribution in [1.29, 1.82) is 0 Å². The molecule has 0 heterocycles. The Bertz CT molecular complexity index is 145. The first-order valence-electron chi connectivity index (χ1n) is 4.39. The van der Waals surface area contributed by atoms with Gasteiger partial charge in [0, 0.05) is 17.3 Å². The fourth-order valence-corrected chi connectivity index (χ4v) is 0.949. The van der Waals surface area contributed by atoms with E-state index in [1.165, 1.54) is 0 Å². The van der Waals surface area contributed by atoms with Crippen LogP contribution in [-0.2, 0) is 4.79 Å². The van der Waals surface area contributed by atoms with E-state index in [0.29, 0.717) is 0 Å². The van der Waals surface area contributed by atoms with Gasteiger partial charge in [0.05, 0.1) is 0 Å². The Hall–Kier alpha value is -0.0500. The normalized spacial score (nSPS) is 11.3. The van der Waals surface area contributed by atoms with Crippen LogP contribution in [0.5, 0.6) is 0 Å². The summed E-state index contributed by atoms with van der Waals surface area (Å²) >= 11 is 3.32. The molecular formula is C9H18BrNO. The van der Waals surface area contributed by atoms with Crippen molar-refractivity contribution in [2.45, 2.75) is 33.6 Å². The van der Waals surface area contributed by atoms with Crippen molar-refractivity contribution in [2.24, 2.45) is 5.41 Å². The quantitative estimate of drug-likeness (QED) is 0.576. The third kappa shape index (κ3) is 4.10. The summed E-state index contributed by atoms with van der Waals surface area (Å²) in [5, 5.41) is 3.85. The molecular weight excluding hydrogens is 218 g/mol. The van der Waals surface area contributed by atoms with E-state index in [1.807, 2.05) is 20.8 Å². The van der Waals surface area contributed by atoms with Crippen molar-refractivity contribution in [3.8, 4) is 0 Å². The van der Waals surface area contributed by atoms with E-state index in [2.05, 4.69) is 21.2 Å². The molecule has 0 aliphatic rings. The van der Waals surface area contributed by atoms with Crippen LogP contribution in [0.3, 0.4) is 0 Å². The van der Waals surface area contributed by atoms with Crippen LogP contribution >= 0.6 is 15.9 Å². The number of rotatable bonds is 5. The first-order chi connectivity index (χ1) is 5.54. The zero-order chi connectivity index (χ0) is 9.61. The Morgan fingerprint density at radius 2 is 2.08 bits per heavy atom. The van der Waals surface area contributed by atoms with E-state index in [-0.39, 0.29) is 11.3 Å². The summed E-state index contributed by atoms with van der Waals surface area (Å²) in [7, 11) is 0. The van der Waals surface area contributed by atoms with Crippen molar-refractivity contribution in [3.63, 3.8) is 0 Å². The molecule has 0 fully saturated rings. The molecule has 1 amide bonds. The second-order valence-electron chi connectivity index (χ2n) is 3.54. The third-order valence-electron chi connectivity index (χ3n) is 2.09. The Labute approximate surface area is 83.2 Å². The standard InChI is InChI=1S/C9H18BrNO/c1-4-9(2,3)8(12)11-7-5-6-10/h4-7H2,1-3H3,(H,11,12). The summed E-state index contributed by atoms with van der Waals surface area (Å²) < 4.78 is 0. The van der Waals surface area contributed by atoms with Crippen LogP contribution in [0.15, 0.2) is 0 Å². The number of carbonyl (C=O) groups is 1. The Kier molecular flexibility index (Phi) is 5.55. The molecule has 0 aliphatic heterocycles. The topological polar surface area (TPSA) is 29.1 Å². The molecule has 0 aromatic heterocycles. The summed E-state index contributed by atoms with van der Waals surface area (Å²) in [6.45, 7) is 6.74. The molecule has 3 heteroatoms. The second kappa shape index (κ2) is 5.57. The number of nitrogens with one attached hydrogen (secondary N) is 1. The number of halogens is 1. The molecule has 0 atom stereocenters. The number of carbonyl (C=O) groups excluding carboxylic acids is 1. The Morgan fingerprint density at radius 1 is 1.50 bits per heavy atom. The highest BCUT2D eigenvalue weighted by molar-refractivity contribution is 9.09. The van der Waals surface area contributed by atoms with E-state index >= 15 is 0 Å². The van der Waals surface area contributed by atoms with Gasteiger partial charge in [-0.3, -0.25) is 4.79 Å². The van der Waals surface area contributed by atoms with Crippen molar-refractivity contribution in [1.82, 2.24) is 5.32 Å². The van der Waals surface area contributed by atoms with E-state index in [9.17, 15) is 4.79 Å². The Morgan fingerprint density at radius 3 is 2.50 bits per heavy atom. The van der Waals surface area contributed by atoms with E-state index < -0.39 is 0 Å². The number of hydrogen-bond acceptors (Lipinski definition) is 1. The van der Waals surface area contributed by atoms with E-state index in [1.54, 1.807) is 0 Å². The maximum absolute atomic E-state index is 11.4. The average molecular weight is 236 g/mol. The number of alkyl halides is 1. The molecule has 12 heavy (non-hydrogen) atoms. The average Bonchev–Trinajstić information content (AvgIpc) is 2.05. The number of amides is 1. The van der Waals surface area contributed by atoms with Crippen molar-refractivity contribution >= 4 is 21.8 Å². The fraction of sp³-hybridized carbons (Fsp3) is 0.889. The van der Waals surface area contributed by atoms with Gasteiger partial charge in [-0.2, -0.15) is 0 Å². The minimum absolute atomic E-state index is 0.158. The second-order valence-corrected chi connectivity index (χ2v) is 4.33. The minimum Gasteiger partial charge on any atom is -0.356 e. The van der Waals surface area contributed by atoms with Gasteiger partial charge in [-0.05, 0) is 12.8 Å². The van der Waals surface area contributed by atoms with Gasteiger partial charge in [0.1, 0.15) is 0 Å². The van der Waals surface area contributed by atoms with Crippen LogP contribution in [0.1, 0.15) is 33.6 Å². The van der Waals surface area contributed by atoms with Crippen LogP contribution in [-0.4, -0.2) is 17.8 Å². The van der Waals surface area contributed by atoms with Crippen molar-refractivity contribution in [2.75, 3.05) is 11.9 Å². The summed E-state index contributed by atoms with van der Waals surface area (Å²) in [6.07, 6.45) is 1.87. The molecule has 72 valence electrons. The van der Waals surface area contributed by atoms with Crippen LogP contribution in [0, 0.1) is 5.41 Å². The highest BCUT2D eigenvalue weighted by atomic mass is 79.9. The highest BCUT2D eigenvalue weighted by Crippen LogP contribution is 2.19. The molecule has 0 radical (unpaired) electrons. The lowest BCUT2D eigenvalue weighted by molar-refractivity contribution is -0.129. The maximum atomic E-state index is 11.4. The van der Waals surface area contributed by atoms with Gasteiger partial charge >= 0.3 is 0 Å². The van der Waals surface area contributed by atoms with Gasteiger partial charge in [-0.15, -0.1) is 0 Å². The molecule has 2 nitrogen and oxygen atoms in total. The minimum atomic E-state index is -0.216. The van der Waals surface area contributed by atoms with E-state index in [0.717, 1.165) is 24.7 Å². The van der Waals surface area contributed by atoms with Gasteiger partial charge in [0.15, 0.2) is 0 Å². The molecule has 0 bridgehead atoms. The van der Waals surface area contributed by atoms with Gasteiger partial charge < -0.3 is 5.32 Å². The molecule has 0 saturated heterocycles. The molecule has 0 aromatic carbocycles. The predicted octanol–water partition coefficient (Wildman–Crippen LogP) is 2.32. The predicted molar refractivity (Wildman–Crippen MR) is 55.5 cm³/mol. The summed E-state index contributed by atoms with van der Waals surface area (Å²) in [4.78, 5) is 11.4. The lowest BCUT2D eigenvalue weighted by atomic mass is 9.89. The monoisotopic (exact) mass is 235 g/mol. The highest BCUT2D eigenvalue weighted by Gasteiger charge is 2.24. The first-order valence-corrected chi connectivity index (χ1v) is 5.51. The summed E-state index contributed by atoms with van der Waals surface area (Å²) in [5.74, 6) is 0.158. The molecule has 0 unspecified atom stereocenters. The SMILES string of the molecule is CCC(C)(C)C(=O)NCCCBr. The van der Waals surface area contributed by atoms with Crippen LogP contribution in [0.25, 0.3) is 0 Å². The van der Waals surface area contributed by atoms with Crippen LogP contribution in [0.2, 0.25) is 0 Å². The number of hydrogen-bond donors (Lipinski definition) is 1. The molecule has 0 aliphatic carbocycles. The molecule has 0 spiro atoms. The largest absolute Gasteiger partial charge is 0.356 e. The third-order valence-corrected chi connectivity index (χ3v) is 2.66. The smallest absolute Gasteiger partial charge is 0.225 e.